The molecule has 2 fully saturated rings. The van der Waals surface area contributed by atoms with Crippen LogP contribution in [-0.2, 0) is 19.1 Å². The van der Waals surface area contributed by atoms with E-state index in [-0.39, 0.29) is 11.6 Å². The van der Waals surface area contributed by atoms with E-state index in [0.29, 0.717) is 23.9 Å². The number of pyridine rings is 1. The smallest absolute Gasteiger partial charge is 0.180 e. The minimum absolute atomic E-state index is 0.281. The van der Waals surface area contributed by atoms with Crippen molar-refractivity contribution in [3.8, 4) is 0 Å². The molecule has 0 aromatic carbocycles. The third-order valence-corrected chi connectivity index (χ3v) is 3.25. The lowest BCUT2D eigenvalue weighted by Gasteiger charge is -2.13. The SMILES string of the molecule is O=C(C1CO1)C(C(=O)C1CO1)c1ncccc1Cl. The van der Waals surface area contributed by atoms with E-state index in [1.807, 2.05) is 0 Å². The summed E-state index contributed by atoms with van der Waals surface area (Å²) in [6, 6.07) is 3.26. The van der Waals surface area contributed by atoms with Gasteiger partial charge in [0.1, 0.15) is 18.1 Å². The van der Waals surface area contributed by atoms with Crippen LogP contribution in [0.5, 0.6) is 0 Å². The average Bonchev–Trinajstić information content (AvgIpc) is 3.23. The molecule has 0 radical (unpaired) electrons. The predicted molar refractivity (Wildman–Crippen MR) is 61.5 cm³/mol. The zero-order valence-corrected chi connectivity index (χ0v) is 10.1. The number of hydrogen-bond acceptors (Lipinski definition) is 5. The van der Waals surface area contributed by atoms with Gasteiger partial charge in [0.25, 0.3) is 0 Å². The molecule has 2 atom stereocenters. The van der Waals surface area contributed by atoms with E-state index in [4.69, 9.17) is 21.1 Å². The Balaban J connectivity index is 1.95. The number of nitrogens with zero attached hydrogens (tertiary/aromatic N) is 1. The Bertz CT molecular complexity index is 487. The van der Waals surface area contributed by atoms with Crippen LogP contribution in [0, 0.1) is 0 Å². The molecule has 0 bridgehead atoms. The number of carbonyl (C=O) groups is 2. The van der Waals surface area contributed by atoms with E-state index in [2.05, 4.69) is 4.98 Å². The van der Waals surface area contributed by atoms with E-state index in [0.717, 1.165) is 0 Å². The quantitative estimate of drug-likeness (QED) is 0.582. The van der Waals surface area contributed by atoms with Crippen LogP contribution in [-0.4, -0.2) is 42.0 Å². The number of aromatic nitrogens is 1. The lowest BCUT2D eigenvalue weighted by molar-refractivity contribution is -0.130. The number of Topliss-reactive ketones (excluding diaryl/α,β-unsaturated/α-hetero) is 2. The Labute approximate surface area is 108 Å². The third kappa shape index (κ3) is 2.16. The van der Waals surface area contributed by atoms with E-state index < -0.39 is 18.1 Å². The number of ketones is 2. The number of rotatable bonds is 5. The van der Waals surface area contributed by atoms with Crippen LogP contribution >= 0.6 is 11.6 Å². The topological polar surface area (TPSA) is 72.1 Å². The molecule has 0 amide bonds. The molecule has 0 saturated carbocycles. The van der Waals surface area contributed by atoms with E-state index in [1.54, 1.807) is 12.1 Å². The van der Waals surface area contributed by atoms with Gasteiger partial charge in [0.15, 0.2) is 11.6 Å². The summed E-state index contributed by atoms with van der Waals surface area (Å²) < 4.78 is 9.90. The third-order valence-electron chi connectivity index (χ3n) is 2.93. The largest absolute Gasteiger partial charge is 0.365 e. The van der Waals surface area contributed by atoms with Crippen LogP contribution < -0.4 is 0 Å². The standard InChI is InChI=1S/C12H10ClNO4/c13-6-2-1-3-14-10(6)9(11(15)7-4-17-7)12(16)8-5-18-8/h1-3,7-9H,4-5H2. The number of carbonyl (C=O) groups excluding carboxylic acids is 2. The van der Waals surface area contributed by atoms with E-state index in [9.17, 15) is 9.59 Å². The number of ether oxygens (including phenoxy) is 2. The summed E-state index contributed by atoms with van der Waals surface area (Å²) in [5, 5.41) is 0.311. The zero-order valence-electron chi connectivity index (χ0n) is 9.34. The van der Waals surface area contributed by atoms with Gasteiger partial charge in [-0.25, -0.2) is 0 Å². The van der Waals surface area contributed by atoms with Crippen LogP contribution in [0.25, 0.3) is 0 Å². The van der Waals surface area contributed by atoms with Crippen molar-refractivity contribution in [3.05, 3.63) is 29.0 Å². The van der Waals surface area contributed by atoms with Crippen LogP contribution in [0.4, 0.5) is 0 Å². The lowest BCUT2D eigenvalue weighted by atomic mass is 9.91. The van der Waals surface area contributed by atoms with Gasteiger partial charge >= 0.3 is 0 Å². The van der Waals surface area contributed by atoms with Crippen LogP contribution in [0.3, 0.4) is 0 Å². The summed E-state index contributed by atoms with van der Waals surface area (Å²) in [5.74, 6) is -1.54. The minimum Gasteiger partial charge on any atom is -0.365 e. The molecule has 2 aliphatic heterocycles. The van der Waals surface area contributed by atoms with Gasteiger partial charge in [-0.2, -0.15) is 0 Å². The summed E-state index contributed by atoms with van der Waals surface area (Å²) in [6.45, 7) is 0.719. The Morgan fingerprint density at radius 3 is 2.28 bits per heavy atom. The summed E-state index contributed by atoms with van der Waals surface area (Å²) >= 11 is 6.01. The highest BCUT2D eigenvalue weighted by Crippen LogP contribution is 2.31. The Morgan fingerprint density at radius 2 is 1.83 bits per heavy atom. The monoisotopic (exact) mass is 267 g/mol. The van der Waals surface area contributed by atoms with Crippen molar-refractivity contribution < 1.29 is 19.1 Å². The first-order chi connectivity index (χ1) is 8.68. The fourth-order valence-corrected chi connectivity index (χ4v) is 2.05. The molecule has 3 heterocycles. The molecule has 94 valence electrons. The van der Waals surface area contributed by atoms with Crippen molar-refractivity contribution in [1.82, 2.24) is 4.98 Å². The molecule has 1 aromatic rings. The molecule has 0 spiro atoms. The molecule has 0 aliphatic carbocycles. The first kappa shape index (κ1) is 11.8. The molecule has 0 N–H and O–H groups in total. The van der Waals surface area contributed by atoms with E-state index in [1.165, 1.54) is 6.20 Å². The summed E-state index contributed by atoms with van der Waals surface area (Å²) in [4.78, 5) is 28.3. The first-order valence-corrected chi connectivity index (χ1v) is 5.97. The Kier molecular flexibility index (Phi) is 2.89. The zero-order chi connectivity index (χ0) is 12.7. The van der Waals surface area contributed by atoms with Gasteiger partial charge in [0.2, 0.25) is 0 Å². The molecular weight excluding hydrogens is 258 g/mol. The van der Waals surface area contributed by atoms with Gasteiger partial charge in [-0.3, -0.25) is 14.6 Å². The molecule has 5 nitrogen and oxygen atoms in total. The van der Waals surface area contributed by atoms with Crippen molar-refractivity contribution in [3.63, 3.8) is 0 Å². The number of halogens is 1. The molecule has 2 unspecified atom stereocenters. The number of hydrogen-bond donors (Lipinski definition) is 0. The maximum atomic E-state index is 12.1. The molecule has 18 heavy (non-hydrogen) atoms. The van der Waals surface area contributed by atoms with Crippen molar-refractivity contribution in [1.29, 1.82) is 0 Å². The molecular formula is C12H10ClNO4. The summed E-state index contributed by atoms with van der Waals surface area (Å²) in [7, 11) is 0. The van der Waals surface area contributed by atoms with Gasteiger partial charge in [-0.15, -0.1) is 0 Å². The van der Waals surface area contributed by atoms with Gasteiger partial charge in [0, 0.05) is 6.20 Å². The second kappa shape index (κ2) is 4.42. The van der Waals surface area contributed by atoms with Crippen molar-refractivity contribution in [2.45, 2.75) is 18.1 Å². The maximum absolute atomic E-state index is 12.1. The van der Waals surface area contributed by atoms with Gasteiger partial charge < -0.3 is 9.47 Å². The molecule has 6 heteroatoms. The minimum atomic E-state index is -0.973. The van der Waals surface area contributed by atoms with Gasteiger partial charge in [0.05, 0.1) is 23.9 Å². The average molecular weight is 268 g/mol. The normalized spacial score (nSPS) is 26.5. The van der Waals surface area contributed by atoms with Gasteiger partial charge in [-0.1, -0.05) is 11.6 Å². The second-order valence-electron chi connectivity index (χ2n) is 4.25. The van der Waals surface area contributed by atoms with E-state index >= 15 is 0 Å². The lowest BCUT2D eigenvalue weighted by Crippen LogP contribution is -2.30. The van der Waals surface area contributed by atoms with Crippen LogP contribution in [0.1, 0.15) is 11.6 Å². The fourth-order valence-electron chi connectivity index (χ4n) is 1.82. The van der Waals surface area contributed by atoms with Crippen molar-refractivity contribution in [2.24, 2.45) is 0 Å². The molecule has 1 aromatic heterocycles. The highest BCUT2D eigenvalue weighted by Gasteiger charge is 2.47. The maximum Gasteiger partial charge on any atom is 0.180 e. The molecule has 2 aliphatic rings. The second-order valence-corrected chi connectivity index (χ2v) is 4.66. The molecule has 2 saturated heterocycles. The van der Waals surface area contributed by atoms with Crippen LogP contribution in [0.2, 0.25) is 5.02 Å². The first-order valence-electron chi connectivity index (χ1n) is 5.59. The van der Waals surface area contributed by atoms with Crippen molar-refractivity contribution >= 4 is 23.2 Å². The molecule has 3 rings (SSSR count). The van der Waals surface area contributed by atoms with Crippen LogP contribution in [0.15, 0.2) is 18.3 Å². The summed E-state index contributed by atoms with van der Waals surface area (Å²) in [5.41, 5.74) is 0.292. The predicted octanol–water partition coefficient (Wildman–Crippen LogP) is 0.754. The fraction of sp³-hybridized carbons (Fsp3) is 0.417. The number of epoxide rings is 2. The highest BCUT2D eigenvalue weighted by atomic mass is 35.5. The summed E-state index contributed by atoms with van der Waals surface area (Å²) in [6.07, 6.45) is 0.502. The Morgan fingerprint density at radius 1 is 1.28 bits per heavy atom. The highest BCUT2D eigenvalue weighted by molar-refractivity contribution is 6.32. The van der Waals surface area contributed by atoms with Crippen molar-refractivity contribution in [2.75, 3.05) is 13.2 Å². The Hall–Kier alpha value is -1.30. The van der Waals surface area contributed by atoms with Gasteiger partial charge in [-0.05, 0) is 12.1 Å².